The summed E-state index contributed by atoms with van der Waals surface area (Å²) >= 11 is 0. The van der Waals surface area contributed by atoms with Gasteiger partial charge in [-0.25, -0.2) is 9.78 Å². The second-order valence-electron chi connectivity index (χ2n) is 3.01. The van der Waals surface area contributed by atoms with Crippen LogP contribution in [0.2, 0.25) is 0 Å². The highest BCUT2D eigenvalue weighted by atomic mass is 16.5. The number of aromatic nitrogens is 1. The number of pyridine rings is 1. The monoisotopic (exact) mass is 205 g/mol. The third kappa shape index (κ3) is 2.71. The van der Waals surface area contributed by atoms with E-state index in [2.05, 4.69) is 10.9 Å². The van der Waals surface area contributed by atoms with Crippen LogP contribution in [0, 0.1) is 19.3 Å². The van der Waals surface area contributed by atoms with Gasteiger partial charge in [0.15, 0.2) is 6.10 Å². The van der Waals surface area contributed by atoms with Crippen LogP contribution in [0.4, 0.5) is 0 Å². The number of carboxylic acid groups (broad SMARTS) is 1. The highest BCUT2D eigenvalue weighted by molar-refractivity contribution is 5.88. The number of carbonyl (C=O) groups is 1. The Bertz CT molecular complexity index is 420. The van der Waals surface area contributed by atoms with Crippen LogP contribution in [0.5, 0.6) is 5.88 Å². The molecule has 0 bridgehead atoms. The molecule has 4 nitrogen and oxygen atoms in total. The topological polar surface area (TPSA) is 59.4 Å². The Morgan fingerprint density at radius 1 is 1.67 bits per heavy atom. The van der Waals surface area contributed by atoms with Crippen LogP contribution in [-0.4, -0.2) is 22.2 Å². The first-order valence-corrected chi connectivity index (χ1v) is 4.38. The number of nitrogens with zero attached hydrogens (tertiary/aromatic N) is 1. The summed E-state index contributed by atoms with van der Waals surface area (Å²) in [6, 6.07) is 2.94. The van der Waals surface area contributed by atoms with Crippen LogP contribution in [0.3, 0.4) is 0 Å². The molecule has 1 aromatic heterocycles. The van der Waals surface area contributed by atoms with E-state index in [9.17, 15) is 4.79 Å². The van der Waals surface area contributed by atoms with Crippen molar-refractivity contribution < 1.29 is 14.6 Å². The maximum atomic E-state index is 10.7. The normalized spacial score (nSPS) is 11.5. The molecule has 0 aromatic carbocycles. The molecule has 0 fully saturated rings. The number of hydrogen-bond acceptors (Lipinski definition) is 3. The van der Waals surface area contributed by atoms with Crippen molar-refractivity contribution in [2.24, 2.45) is 0 Å². The molecule has 0 saturated carbocycles. The van der Waals surface area contributed by atoms with Gasteiger partial charge in [-0.3, -0.25) is 0 Å². The van der Waals surface area contributed by atoms with Crippen LogP contribution in [0.25, 0.3) is 0 Å². The molecule has 0 aliphatic carbocycles. The summed E-state index contributed by atoms with van der Waals surface area (Å²) in [5, 5.41) is 8.77. The first-order chi connectivity index (χ1) is 7.04. The van der Waals surface area contributed by atoms with Crippen molar-refractivity contribution in [3.8, 4) is 18.2 Å². The maximum absolute atomic E-state index is 10.7. The quantitative estimate of drug-likeness (QED) is 0.759. The average molecular weight is 205 g/mol. The van der Waals surface area contributed by atoms with Gasteiger partial charge in [0.1, 0.15) is 0 Å². The summed E-state index contributed by atoms with van der Waals surface area (Å²) in [6.07, 6.45) is 4.76. The fourth-order valence-electron chi connectivity index (χ4n) is 1.04. The molecule has 0 radical (unpaired) electrons. The van der Waals surface area contributed by atoms with Gasteiger partial charge in [-0.15, -0.1) is 6.42 Å². The Morgan fingerprint density at radius 3 is 2.80 bits per heavy atom. The molecule has 1 aromatic rings. The van der Waals surface area contributed by atoms with Crippen LogP contribution < -0.4 is 4.74 Å². The molecular formula is C11H11NO3. The van der Waals surface area contributed by atoms with Crippen molar-refractivity contribution in [2.45, 2.75) is 20.0 Å². The summed E-state index contributed by atoms with van der Waals surface area (Å²) in [5.74, 6) is 1.72. The highest BCUT2D eigenvalue weighted by Crippen LogP contribution is 2.13. The standard InChI is InChI=1S/C11H11NO3/c1-4-7(2)15-10-6-5-9(11(13)14)8(3)12-10/h1,5-7H,2-3H3,(H,13,14). The Morgan fingerprint density at radius 2 is 2.33 bits per heavy atom. The molecular weight excluding hydrogens is 194 g/mol. The zero-order valence-electron chi connectivity index (χ0n) is 8.52. The van der Waals surface area contributed by atoms with Crippen molar-refractivity contribution in [3.05, 3.63) is 23.4 Å². The van der Waals surface area contributed by atoms with Gasteiger partial charge in [0.05, 0.1) is 11.3 Å². The molecule has 78 valence electrons. The molecule has 1 rings (SSSR count). The second kappa shape index (κ2) is 4.47. The largest absolute Gasteiger partial charge is 0.478 e. The lowest BCUT2D eigenvalue weighted by Crippen LogP contribution is -2.10. The second-order valence-corrected chi connectivity index (χ2v) is 3.01. The maximum Gasteiger partial charge on any atom is 0.337 e. The average Bonchev–Trinajstić information content (AvgIpc) is 2.17. The number of rotatable bonds is 3. The summed E-state index contributed by atoms with van der Waals surface area (Å²) < 4.78 is 5.24. The van der Waals surface area contributed by atoms with Gasteiger partial charge in [-0.1, -0.05) is 5.92 Å². The van der Waals surface area contributed by atoms with Crippen molar-refractivity contribution in [1.82, 2.24) is 4.98 Å². The number of carboxylic acids is 1. The molecule has 1 heterocycles. The molecule has 4 heteroatoms. The number of hydrogen-bond donors (Lipinski definition) is 1. The van der Waals surface area contributed by atoms with E-state index in [-0.39, 0.29) is 11.7 Å². The smallest absolute Gasteiger partial charge is 0.337 e. The SMILES string of the molecule is C#CC(C)Oc1ccc(C(=O)O)c(C)n1. The molecule has 1 unspecified atom stereocenters. The minimum atomic E-state index is -1.00. The van der Waals surface area contributed by atoms with Crippen LogP contribution in [0.15, 0.2) is 12.1 Å². The molecule has 0 spiro atoms. The summed E-state index contributed by atoms with van der Waals surface area (Å²) in [7, 11) is 0. The lowest BCUT2D eigenvalue weighted by Gasteiger charge is -2.09. The molecule has 1 N–H and O–H groups in total. The van der Waals surface area contributed by atoms with Crippen LogP contribution in [0.1, 0.15) is 23.0 Å². The van der Waals surface area contributed by atoms with Gasteiger partial charge in [-0.2, -0.15) is 0 Å². The number of aryl methyl sites for hydroxylation is 1. The predicted octanol–water partition coefficient (Wildman–Crippen LogP) is 1.49. The van der Waals surface area contributed by atoms with E-state index in [0.29, 0.717) is 11.6 Å². The van der Waals surface area contributed by atoms with E-state index in [0.717, 1.165) is 0 Å². The minimum Gasteiger partial charge on any atom is -0.478 e. The fourth-order valence-corrected chi connectivity index (χ4v) is 1.04. The molecule has 0 aliphatic rings. The molecule has 1 atom stereocenters. The molecule has 15 heavy (non-hydrogen) atoms. The van der Waals surface area contributed by atoms with Crippen molar-refractivity contribution >= 4 is 5.97 Å². The van der Waals surface area contributed by atoms with E-state index in [1.165, 1.54) is 12.1 Å². The zero-order chi connectivity index (χ0) is 11.4. The Balaban J connectivity index is 2.93. The number of terminal acetylenes is 1. The van der Waals surface area contributed by atoms with Gasteiger partial charge in [0.2, 0.25) is 5.88 Å². The summed E-state index contributed by atoms with van der Waals surface area (Å²) in [6.45, 7) is 3.32. The Labute approximate surface area is 87.9 Å². The fraction of sp³-hybridized carbons (Fsp3) is 0.273. The first kappa shape index (κ1) is 11.1. The highest BCUT2D eigenvalue weighted by Gasteiger charge is 2.09. The molecule has 0 saturated heterocycles. The molecule has 0 amide bonds. The van der Waals surface area contributed by atoms with Gasteiger partial charge >= 0.3 is 5.97 Å². The summed E-state index contributed by atoms with van der Waals surface area (Å²) in [4.78, 5) is 14.7. The van der Waals surface area contributed by atoms with E-state index in [1.54, 1.807) is 13.8 Å². The zero-order valence-corrected chi connectivity index (χ0v) is 8.52. The molecule has 0 aliphatic heterocycles. The Hall–Kier alpha value is -2.02. The van der Waals surface area contributed by atoms with Crippen molar-refractivity contribution in [2.75, 3.05) is 0 Å². The van der Waals surface area contributed by atoms with Gasteiger partial charge in [-0.05, 0) is 19.9 Å². The van der Waals surface area contributed by atoms with Gasteiger partial charge < -0.3 is 9.84 Å². The van der Waals surface area contributed by atoms with Gasteiger partial charge in [0.25, 0.3) is 0 Å². The van der Waals surface area contributed by atoms with E-state index in [1.807, 2.05) is 0 Å². The van der Waals surface area contributed by atoms with Crippen molar-refractivity contribution in [3.63, 3.8) is 0 Å². The number of aromatic carboxylic acids is 1. The summed E-state index contributed by atoms with van der Waals surface area (Å²) in [5.41, 5.74) is 0.569. The Kier molecular flexibility index (Phi) is 3.29. The van der Waals surface area contributed by atoms with Gasteiger partial charge in [0, 0.05) is 6.07 Å². The third-order valence-corrected chi connectivity index (χ3v) is 1.82. The minimum absolute atomic E-state index is 0.163. The third-order valence-electron chi connectivity index (χ3n) is 1.82. The first-order valence-electron chi connectivity index (χ1n) is 4.38. The van der Waals surface area contributed by atoms with E-state index in [4.69, 9.17) is 16.3 Å². The number of ether oxygens (including phenoxy) is 1. The predicted molar refractivity (Wildman–Crippen MR) is 54.9 cm³/mol. The van der Waals surface area contributed by atoms with Crippen LogP contribution in [-0.2, 0) is 0 Å². The van der Waals surface area contributed by atoms with E-state index < -0.39 is 5.97 Å². The van der Waals surface area contributed by atoms with Crippen molar-refractivity contribution in [1.29, 1.82) is 0 Å². The van der Waals surface area contributed by atoms with E-state index >= 15 is 0 Å². The lowest BCUT2D eigenvalue weighted by atomic mass is 10.2. The van der Waals surface area contributed by atoms with Crippen LogP contribution >= 0.6 is 0 Å². The lowest BCUT2D eigenvalue weighted by molar-refractivity contribution is 0.0695.